The number of hydrogen-bond acceptors (Lipinski definition) is 2. The molecular weight excluding hydrogens is 208 g/mol. The lowest BCUT2D eigenvalue weighted by molar-refractivity contribution is 0.120. The molecular formula is C15H32N2. The quantitative estimate of drug-likeness (QED) is 0.655. The van der Waals surface area contributed by atoms with Gasteiger partial charge in [0, 0.05) is 12.6 Å². The fourth-order valence-electron chi connectivity index (χ4n) is 2.95. The Morgan fingerprint density at radius 3 is 2.76 bits per heavy atom. The van der Waals surface area contributed by atoms with Gasteiger partial charge in [-0.25, -0.2) is 0 Å². The summed E-state index contributed by atoms with van der Waals surface area (Å²) in [6.45, 7) is 11.9. The van der Waals surface area contributed by atoms with E-state index >= 15 is 0 Å². The molecule has 0 aromatic heterocycles. The van der Waals surface area contributed by atoms with E-state index in [2.05, 4.69) is 31.0 Å². The van der Waals surface area contributed by atoms with Gasteiger partial charge in [0.2, 0.25) is 0 Å². The third-order valence-electron chi connectivity index (χ3n) is 3.84. The van der Waals surface area contributed by atoms with E-state index in [9.17, 15) is 0 Å². The topological polar surface area (TPSA) is 15.3 Å². The molecule has 2 heteroatoms. The van der Waals surface area contributed by atoms with E-state index < -0.39 is 0 Å². The van der Waals surface area contributed by atoms with Crippen molar-refractivity contribution in [1.29, 1.82) is 0 Å². The van der Waals surface area contributed by atoms with Gasteiger partial charge in [-0.05, 0) is 51.2 Å². The summed E-state index contributed by atoms with van der Waals surface area (Å²) >= 11 is 0. The maximum absolute atomic E-state index is 3.54. The average molecular weight is 240 g/mol. The third kappa shape index (κ3) is 5.87. The molecule has 1 saturated heterocycles. The first-order valence-electron chi connectivity index (χ1n) is 7.72. The molecule has 1 rings (SSSR count). The van der Waals surface area contributed by atoms with Crippen molar-refractivity contribution in [2.24, 2.45) is 5.92 Å². The summed E-state index contributed by atoms with van der Waals surface area (Å²) in [6.07, 6.45) is 8.27. The summed E-state index contributed by atoms with van der Waals surface area (Å²) in [5.41, 5.74) is 0. The zero-order valence-corrected chi connectivity index (χ0v) is 12.2. The minimum absolute atomic E-state index is 0.791. The Morgan fingerprint density at radius 1 is 1.24 bits per heavy atom. The molecule has 102 valence electrons. The lowest BCUT2D eigenvalue weighted by atomic mass is 9.97. The zero-order valence-electron chi connectivity index (χ0n) is 12.2. The first-order chi connectivity index (χ1) is 8.27. The standard InChI is InChI=1S/C15H32N2/c1-4-8-15-9-6-7-11-17(15)13-14(3)12-16-10-5-2/h14-16H,4-13H2,1-3H3. The molecule has 0 saturated carbocycles. The number of likely N-dealkylation sites (tertiary alicyclic amines) is 1. The smallest absolute Gasteiger partial charge is 0.00952 e. The lowest BCUT2D eigenvalue weighted by Crippen LogP contribution is -2.43. The molecule has 0 radical (unpaired) electrons. The summed E-state index contributed by atoms with van der Waals surface area (Å²) in [5.74, 6) is 0.791. The van der Waals surface area contributed by atoms with E-state index in [1.165, 1.54) is 64.7 Å². The predicted octanol–water partition coefficient (Wildman–Crippen LogP) is 3.28. The molecule has 0 aliphatic carbocycles. The van der Waals surface area contributed by atoms with Crippen LogP contribution in [-0.2, 0) is 0 Å². The van der Waals surface area contributed by atoms with Crippen molar-refractivity contribution in [3.63, 3.8) is 0 Å². The van der Waals surface area contributed by atoms with Gasteiger partial charge in [0.1, 0.15) is 0 Å². The number of nitrogens with one attached hydrogen (secondary N) is 1. The fraction of sp³-hybridized carbons (Fsp3) is 1.00. The summed E-state index contributed by atoms with van der Waals surface area (Å²) in [6, 6.07) is 0.877. The highest BCUT2D eigenvalue weighted by molar-refractivity contribution is 4.78. The molecule has 0 aromatic carbocycles. The van der Waals surface area contributed by atoms with Gasteiger partial charge in [0.25, 0.3) is 0 Å². The van der Waals surface area contributed by atoms with E-state index in [-0.39, 0.29) is 0 Å². The zero-order chi connectivity index (χ0) is 12.5. The van der Waals surface area contributed by atoms with E-state index in [4.69, 9.17) is 0 Å². The molecule has 0 bridgehead atoms. The summed E-state index contributed by atoms with van der Waals surface area (Å²) < 4.78 is 0. The molecule has 1 N–H and O–H groups in total. The Bertz CT molecular complexity index is 180. The second-order valence-electron chi connectivity index (χ2n) is 5.74. The van der Waals surface area contributed by atoms with Crippen LogP contribution in [0.4, 0.5) is 0 Å². The van der Waals surface area contributed by atoms with Crippen molar-refractivity contribution in [3.05, 3.63) is 0 Å². The van der Waals surface area contributed by atoms with Crippen LogP contribution in [0.3, 0.4) is 0 Å². The van der Waals surface area contributed by atoms with Gasteiger partial charge >= 0.3 is 0 Å². The van der Waals surface area contributed by atoms with Crippen LogP contribution in [-0.4, -0.2) is 37.1 Å². The van der Waals surface area contributed by atoms with Crippen LogP contribution in [0, 0.1) is 5.92 Å². The molecule has 2 nitrogen and oxygen atoms in total. The molecule has 0 aromatic rings. The molecule has 1 aliphatic rings. The minimum Gasteiger partial charge on any atom is -0.316 e. The lowest BCUT2D eigenvalue weighted by Gasteiger charge is -2.37. The second kappa shape index (κ2) is 8.93. The van der Waals surface area contributed by atoms with Gasteiger partial charge in [-0.1, -0.05) is 33.6 Å². The molecule has 1 aliphatic heterocycles. The first-order valence-corrected chi connectivity index (χ1v) is 7.72. The van der Waals surface area contributed by atoms with Gasteiger partial charge in [-0.2, -0.15) is 0 Å². The van der Waals surface area contributed by atoms with Crippen LogP contribution in [0.1, 0.15) is 59.3 Å². The highest BCUT2D eigenvalue weighted by Crippen LogP contribution is 2.21. The van der Waals surface area contributed by atoms with Crippen LogP contribution >= 0.6 is 0 Å². The van der Waals surface area contributed by atoms with Crippen molar-refractivity contribution in [3.8, 4) is 0 Å². The Morgan fingerprint density at radius 2 is 2.06 bits per heavy atom. The average Bonchev–Trinajstić information content (AvgIpc) is 2.32. The molecule has 17 heavy (non-hydrogen) atoms. The molecule has 2 unspecified atom stereocenters. The Kier molecular flexibility index (Phi) is 7.87. The maximum Gasteiger partial charge on any atom is 0.00952 e. The van der Waals surface area contributed by atoms with Crippen molar-refractivity contribution < 1.29 is 0 Å². The monoisotopic (exact) mass is 240 g/mol. The fourth-order valence-corrected chi connectivity index (χ4v) is 2.95. The largest absolute Gasteiger partial charge is 0.316 e. The summed E-state index contributed by atoms with van der Waals surface area (Å²) in [4.78, 5) is 2.76. The number of nitrogens with zero attached hydrogens (tertiary/aromatic N) is 1. The summed E-state index contributed by atoms with van der Waals surface area (Å²) in [7, 11) is 0. The normalized spacial score (nSPS) is 23.8. The Hall–Kier alpha value is -0.0800. The molecule has 1 heterocycles. The predicted molar refractivity (Wildman–Crippen MR) is 76.4 cm³/mol. The van der Waals surface area contributed by atoms with Gasteiger partial charge in [-0.3, -0.25) is 0 Å². The molecule has 1 fully saturated rings. The van der Waals surface area contributed by atoms with E-state index in [0.29, 0.717) is 0 Å². The van der Waals surface area contributed by atoms with Gasteiger partial charge in [0.05, 0.1) is 0 Å². The van der Waals surface area contributed by atoms with Crippen molar-refractivity contribution >= 4 is 0 Å². The highest BCUT2D eigenvalue weighted by Gasteiger charge is 2.22. The Labute approximate surface area is 108 Å². The van der Waals surface area contributed by atoms with Crippen LogP contribution in [0.25, 0.3) is 0 Å². The van der Waals surface area contributed by atoms with Crippen LogP contribution in [0.2, 0.25) is 0 Å². The SMILES string of the molecule is CCCNCC(C)CN1CCCCC1CCC. The van der Waals surface area contributed by atoms with Gasteiger partial charge in [-0.15, -0.1) is 0 Å². The third-order valence-corrected chi connectivity index (χ3v) is 3.84. The van der Waals surface area contributed by atoms with Crippen LogP contribution in [0.5, 0.6) is 0 Å². The van der Waals surface area contributed by atoms with Crippen molar-refractivity contribution in [2.45, 2.75) is 65.3 Å². The van der Waals surface area contributed by atoms with E-state index in [1.807, 2.05) is 0 Å². The molecule has 0 amide bonds. The first kappa shape index (κ1) is 15.0. The number of hydrogen-bond donors (Lipinski definition) is 1. The van der Waals surface area contributed by atoms with Gasteiger partial charge < -0.3 is 10.2 Å². The van der Waals surface area contributed by atoms with Crippen molar-refractivity contribution in [1.82, 2.24) is 10.2 Å². The number of piperidine rings is 1. The Balaban J connectivity index is 2.25. The van der Waals surface area contributed by atoms with Crippen LogP contribution < -0.4 is 5.32 Å². The van der Waals surface area contributed by atoms with E-state index in [0.717, 1.165) is 12.0 Å². The molecule has 0 spiro atoms. The summed E-state index contributed by atoms with van der Waals surface area (Å²) in [5, 5.41) is 3.54. The number of rotatable bonds is 8. The van der Waals surface area contributed by atoms with Crippen LogP contribution in [0.15, 0.2) is 0 Å². The van der Waals surface area contributed by atoms with Gasteiger partial charge in [0.15, 0.2) is 0 Å². The van der Waals surface area contributed by atoms with Crippen molar-refractivity contribution in [2.75, 3.05) is 26.2 Å². The van der Waals surface area contributed by atoms with E-state index in [1.54, 1.807) is 0 Å². The molecule has 2 atom stereocenters. The maximum atomic E-state index is 3.54. The second-order valence-corrected chi connectivity index (χ2v) is 5.74. The minimum atomic E-state index is 0.791. The highest BCUT2D eigenvalue weighted by atomic mass is 15.2.